The van der Waals surface area contributed by atoms with Crippen molar-refractivity contribution >= 4 is 0 Å². The van der Waals surface area contributed by atoms with Gasteiger partial charge in [-0.05, 0) is 91.1 Å². The molecule has 0 unspecified atom stereocenters. The molecule has 0 atom stereocenters. The van der Waals surface area contributed by atoms with Crippen LogP contribution >= 0.6 is 0 Å². The van der Waals surface area contributed by atoms with Crippen LogP contribution in [0.3, 0.4) is 0 Å². The molecule has 0 aromatic rings. The number of allylic oxidation sites excluding steroid dienone is 8. The molecule has 0 aromatic heterocycles. The molecule has 43 heavy (non-hydrogen) atoms. The second kappa shape index (κ2) is 37.0. The van der Waals surface area contributed by atoms with Crippen molar-refractivity contribution in [2.75, 3.05) is 40.3 Å². The lowest BCUT2D eigenvalue weighted by atomic mass is 10.1. The first kappa shape index (κ1) is 41.8. The first-order valence-corrected chi connectivity index (χ1v) is 18.9. The summed E-state index contributed by atoms with van der Waals surface area (Å²) in [5, 5.41) is 2.50. The molecule has 0 aliphatic heterocycles. The number of rotatable bonds is 34. The largest absolute Gasteiger partial charge is 0.308 e. The van der Waals surface area contributed by atoms with Gasteiger partial charge in [0.25, 0.3) is 0 Å². The van der Waals surface area contributed by atoms with Crippen LogP contribution in [0.1, 0.15) is 168 Å². The van der Waals surface area contributed by atoms with E-state index in [4.69, 9.17) is 0 Å². The maximum atomic E-state index is 3.76. The van der Waals surface area contributed by atoms with Crippen LogP contribution in [-0.4, -0.2) is 50.2 Å². The lowest BCUT2D eigenvalue weighted by molar-refractivity contribution is 0.165. The number of hydrogen-bond acceptors (Lipinski definition) is 3. The van der Waals surface area contributed by atoms with Crippen molar-refractivity contribution in [1.29, 1.82) is 0 Å². The molecule has 0 rings (SSSR count). The maximum Gasteiger partial charge on any atom is 0.0258 e. The maximum absolute atomic E-state index is 3.76. The van der Waals surface area contributed by atoms with Gasteiger partial charge in [0.1, 0.15) is 0 Å². The Morgan fingerprint density at radius 3 is 1.23 bits per heavy atom. The van der Waals surface area contributed by atoms with E-state index in [2.05, 4.69) is 91.9 Å². The van der Waals surface area contributed by atoms with Gasteiger partial charge in [0.2, 0.25) is 0 Å². The molecule has 0 aliphatic rings. The van der Waals surface area contributed by atoms with E-state index >= 15 is 0 Å². The molecule has 1 N–H and O–H groups in total. The Hall–Kier alpha value is -1.16. The Morgan fingerprint density at radius 1 is 0.395 bits per heavy atom. The summed E-state index contributed by atoms with van der Waals surface area (Å²) in [5.74, 6) is 0. The first-order valence-electron chi connectivity index (χ1n) is 18.9. The molecular formula is C40H77N3. The van der Waals surface area contributed by atoms with E-state index in [1.54, 1.807) is 0 Å². The minimum atomic E-state index is 1.11. The Kier molecular flexibility index (Phi) is 36.0. The predicted molar refractivity (Wildman–Crippen MR) is 197 cm³/mol. The van der Waals surface area contributed by atoms with Crippen molar-refractivity contribution in [3.8, 4) is 0 Å². The third-order valence-corrected chi connectivity index (χ3v) is 8.16. The molecule has 0 spiro atoms. The van der Waals surface area contributed by atoms with Gasteiger partial charge in [0, 0.05) is 26.2 Å². The first-order chi connectivity index (χ1) is 21.2. The van der Waals surface area contributed by atoms with E-state index in [9.17, 15) is 0 Å². The number of unbranched alkanes of at least 4 members (excludes halogenated alkanes) is 18. The highest BCUT2D eigenvalue weighted by Gasteiger charge is 2.05. The van der Waals surface area contributed by atoms with E-state index in [0.717, 1.165) is 32.5 Å². The Morgan fingerprint density at radius 2 is 0.791 bits per heavy atom. The fourth-order valence-corrected chi connectivity index (χ4v) is 5.23. The van der Waals surface area contributed by atoms with Crippen LogP contribution in [0.4, 0.5) is 0 Å². The highest BCUT2D eigenvalue weighted by Crippen LogP contribution is 2.10. The molecule has 0 amide bonds. The molecule has 0 bridgehead atoms. The molecule has 0 saturated heterocycles. The molecule has 0 fully saturated rings. The molecule has 0 heterocycles. The third-order valence-electron chi connectivity index (χ3n) is 8.16. The third kappa shape index (κ3) is 36.9. The van der Waals surface area contributed by atoms with E-state index in [1.165, 1.54) is 148 Å². The van der Waals surface area contributed by atoms with Crippen molar-refractivity contribution in [2.24, 2.45) is 0 Å². The second-order valence-corrected chi connectivity index (χ2v) is 12.9. The summed E-state index contributed by atoms with van der Waals surface area (Å²) in [6.07, 6.45) is 50.5. The molecular weight excluding hydrogens is 522 g/mol. The van der Waals surface area contributed by atoms with Gasteiger partial charge in [-0.25, -0.2) is 5.01 Å². The van der Waals surface area contributed by atoms with Crippen molar-refractivity contribution in [1.82, 2.24) is 15.3 Å². The number of nitrogens with one attached hydrogen (secondary N) is 1. The summed E-state index contributed by atoms with van der Waals surface area (Å²) in [7, 11) is 4.36. The highest BCUT2D eigenvalue weighted by molar-refractivity contribution is 4.93. The van der Waals surface area contributed by atoms with Gasteiger partial charge in [-0.3, -0.25) is 5.43 Å². The summed E-state index contributed by atoms with van der Waals surface area (Å²) in [6.45, 7) is 9.10. The van der Waals surface area contributed by atoms with Gasteiger partial charge in [-0.2, -0.15) is 0 Å². The van der Waals surface area contributed by atoms with Crippen molar-refractivity contribution in [3.05, 3.63) is 48.6 Å². The van der Waals surface area contributed by atoms with Gasteiger partial charge >= 0.3 is 0 Å². The van der Waals surface area contributed by atoms with E-state index in [1.807, 2.05) is 0 Å². The molecule has 0 radical (unpaired) electrons. The van der Waals surface area contributed by atoms with E-state index < -0.39 is 0 Å². The van der Waals surface area contributed by atoms with Crippen LogP contribution in [0, 0.1) is 0 Å². The van der Waals surface area contributed by atoms with Crippen LogP contribution in [0.15, 0.2) is 48.6 Å². The SMILES string of the molecule is CCCCC/C=C\C/C=C\CCCCCCCCNN(CCCCCCCC/C=C\C/C=C\CCCCC)CCN(C)C. The van der Waals surface area contributed by atoms with E-state index in [0.29, 0.717) is 0 Å². The topological polar surface area (TPSA) is 18.5 Å². The Labute approximate surface area is 271 Å². The van der Waals surface area contributed by atoms with Crippen LogP contribution in [0.25, 0.3) is 0 Å². The van der Waals surface area contributed by atoms with E-state index in [-0.39, 0.29) is 0 Å². The average molecular weight is 600 g/mol. The Balaban J connectivity index is 3.68. The fraction of sp³-hybridized carbons (Fsp3) is 0.800. The Bertz CT molecular complexity index is 634. The summed E-state index contributed by atoms with van der Waals surface area (Å²) in [5.41, 5.74) is 3.76. The molecule has 0 aliphatic carbocycles. The van der Waals surface area contributed by atoms with Crippen LogP contribution in [0.2, 0.25) is 0 Å². The monoisotopic (exact) mass is 600 g/mol. The van der Waals surface area contributed by atoms with Gasteiger partial charge < -0.3 is 4.90 Å². The molecule has 3 heteroatoms. The van der Waals surface area contributed by atoms with Gasteiger partial charge in [0.05, 0.1) is 0 Å². The predicted octanol–water partition coefficient (Wildman–Crippen LogP) is 12.0. The van der Waals surface area contributed by atoms with Gasteiger partial charge in [0.15, 0.2) is 0 Å². The van der Waals surface area contributed by atoms with Crippen molar-refractivity contribution in [3.63, 3.8) is 0 Å². The summed E-state index contributed by atoms with van der Waals surface area (Å²) in [6, 6.07) is 0. The number of hydrogen-bond donors (Lipinski definition) is 1. The minimum absolute atomic E-state index is 1.11. The number of hydrazine groups is 1. The molecule has 252 valence electrons. The summed E-state index contributed by atoms with van der Waals surface area (Å²) in [4.78, 5) is 2.30. The van der Waals surface area contributed by atoms with Crippen LogP contribution in [-0.2, 0) is 0 Å². The van der Waals surface area contributed by atoms with Gasteiger partial charge in [-0.15, -0.1) is 0 Å². The standard InChI is InChI=1S/C40H77N3/c1-5-7-9-11-13-15-17-19-21-23-25-27-29-31-33-35-37-41-43(40-39-42(3)4)38-36-34-32-30-28-26-24-22-20-18-16-14-12-10-8-6-2/h13-16,19-22,41H,5-12,17-18,23-40H2,1-4H3/b15-13-,16-14-,21-19-,22-20-. The summed E-state index contributed by atoms with van der Waals surface area (Å²) < 4.78 is 0. The molecule has 0 saturated carbocycles. The van der Waals surface area contributed by atoms with Crippen LogP contribution in [0.5, 0.6) is 0 Å². The lowest BCUT2D eigenvalue weighted by Crippen LogP contribution is -2.43. The zero-order valence-electron chi connectivity index (χ0n) is 29.8. The zero-order chi connectivity index (χ0) is 31.3. The molecule has 0 aromatic carbocycles. The van der Waals surface area contributed by atoms with Gasteiger partial charge in [-0.1, -0.05) is 140 Å². The average Bonchev–Trinajstić information content (AvgIpc) is 3.00. The minimum Gasteiger partial charge on any atom is -0.308 e. The lowest BCUT2D eigenvalue weighted by Gasteiger charge is -2.25. The smallest absolute Gasteiger partial charge is 0.0258 e. The summed E-state index contributed by atoms with van der Waals surface area (Å²) >= 11 is 0. The normalized spacial score (nSPS) is 12.6. The number of nitrogens with zero attached hydrogens (tertiary/aromatic N) is 2. The molecule has 3 nitrogen and oxygen atoms in total. The van der Waals surface area contributed by atoms with Crippen molar-refractivity contribution in [2.45, 2.75) is 168 Å². The highest BCUT2D eigenvalue weighted by atomic mass is 15.5. The zero-order valence-corrected chi connectivity index (χ0v) is 29.8. The van der Waals surface area contributed by atoms with Crippen molar-refractivity contribution < 1.29 is 0 Å². The second-order valence-electron chi connectivity index (χ2n) is 12.9. The van der Waals surface area contributed by atoms with Crippen LogP contribution < -0.4 is 5.43 Å². The quantitative estimate of drug-likeness (QED) is 0.0451. The fourth-order valence-electron chi connectivity index (χ4n) is 5.23. The number of likely N-dealkylation sites (N-methyl/N-ethyl adjacent to an activating group) is 1.